The molecule has 260 valence electrons. The Morgan fingerprint density at radius 3 is 1.96 bits per heavy atom. The fourth-order valence-electron chi connectivity index (χ4n) is 6.75. The monoisotopic (exact) mass is 687 g/mol. The van der Waals surface area contributed by atoms with Gasteiger partial charge in [0.2, 0.25) is 11.8 Å². The molecule has 12 nitrogen and oxygen atoms in total. The number of carboxylic acid groups (broad SMARTS) is 1. The van der Waals surface area contributed by atoms with Crippen LogP contribution in [0.5, 0.6) is 5.75 Å². The molecule has 5 aromatic rings. The SMILES string of the molecule is CN1CC(=O)N2C(Cc3ccc(O)cc3)C(=O)N(c3cccc4ccccc34)CC2N1C(=O)O.NC(=O)C(O)(c1ccccc1)c1ccccc1. The summed E-state index contributed by atoms with van der Waals surface area (Å²) in [6, 6.07) is 36.3. The number of piperazine rings is 1. The molecule has 2 atom stereocenters. The molecule has 4 amide bonds. The third-order valence-electron chi connectivity index (χ3n) is 9.21. The van der Waals surface area contributed by atoms with Crippen molar-refractivity contribution in [2.75, 3.05) is 25.0 Å². The predicted molar refractivity (Wildman–Crippen MR) is 190 cm³/mol. The van der Waals surface area contributed by atoms with E-state index in [1.54, 1.807) is 72.6 Å². The van der Waals surface area contributed by atoms with Crippen molar-refractivity contribution in [3.8, 4) is 5.75 Å². The van der Waals surface area contributed by atoms with E-state index >= 15 is 0 Å². The van der Waals surface area contributed by atoms with Crippen LogP contribution in [-0.2, 0) is 26.4 Å². The molecule has 2 heterocycles. The minimum atomic E-state index is -1.78. The van der Waals surface area contributed by atoms with E-state index in [0.717, 1.165) is 21.3 Å². The van der Waals surface area contributed by atoms with Gasteiger partial charge in [-0.25, -0.2) is 14.8 Å². The number of aromatic hydroxyl groups is 1. The number of carbonyl (C=O) groups excluding carboxylic acids is 3. The topological polar surface area (TPSA) is 168 Å². The van der Waals surface area contributed by atoms with E-state index in [-0.39, 0.29) is 37.1 Å². The van der Waals surface area contributed by atoms with Gasteiger partial charge in [0, 0.05) is 18.9 Å². The summed E-state index contributed by atoms with van der Waals surface area (Å²) in [5, 5.41) is 34.5. The highest BCUT2D eigenvalue weighted by Gasteiger charge is 2.51. The van der Waals surface area contributed by atoms with Crippen LogP contribution in [0.4, 0.5) is 10.5 Å². The van der Waals surface area contributed by atoms with Crippen LogP contribution in [0.1, 0.15) is 16.7 Å². The predicted octanol–water partition coefficient (Wildman–Crippen LogP) is 3.91. The molecule has 0 saturated carbocycles. The molecular weight excluding hydrogens is 650 g/mol. The summed E-state index contributed by atoms with van der Waals surface area (Å²) in [7, 11) is 1.55. The van der Waals surface area contributed by atoms with Gasteiger partial charge >= 0.3 is 6.09 Å². The lowest BCUT2D eigenvalue weighted by atomic mass is 9.86. The van der Waals surface area contributed by atoms with Crippen molar-refractivity contribution in [2.24, 2.45) is 5.73 Å². The van der Waals surface area contributed by atoms with Crippen LogP contribution in [0.2, 0.25) is 0 Å². The standard InChI is InChI=1S/C25H24N4O5.C14H13NO2/c1-26-15-23(31)28-21(13-16-9-11-18(30)12-10-16)24(32)27(14-22(28)29(26)25(33)34)20-8-4-6-17-5-2-3-7-19(17)20;15-13(16)14(17,11-7-3-1-4-8-11)12-9-5-2-6-10-12/h2-12,21-22,30H,13-15H2,1H3,(H,33,34);1-10,17H,(H2,15,16). The van der Waals surface area contributed by atoms with Gasteiger partial charge < -0.3 is 30.9 Å². The lowest BCUT2D eigenvalue weighted by Crippen LogP contribution is -2.75. The highest BCUT2D eigenvalue weighted by molar-refractivity contribution is 6.07. The number of primary amides is 1. The van der Waals surface area contributed by atoms with Gasteiger partial charge in [-0.3, -0.25) is 14.4 Å². The normalized spacial score (nSPS) is 17.8. The number of hydrogen-bond donors (Lipinski definition) is 4. The second-order valence-electron chi connectivity index (χ2n) is 12.4. The Hall–Kier alpha value is -6.24. The van der Waals surface area contributed by atoms with E-state index in [4.69, 9.17) is 5.73 Å². The first-order valence-electron chi connectivity index (χ1n) is 16.3. The number of anilines is 1. The molecule has 2 saturated heterocycles. The molecule has 0 aliphatic carbocycles. The van der Waals surface area contributed by atoms with Crippen molar-refractivity contribution < 1.29 is 34.5 Å². The Kier molecular flexibility index (Phi) is 9.72. The first-order chi connectivity index (χ1) is 24.5. The van der Waals surface area contributed by atoms with Gasteiger partial charge in [-0.15, -0.1) is 0 Å². The molecule has 12 heteroatoms. The summed E-state index contributed by atoms with van der Waals surface area (Å²) in [5.41, 5.74) is 5.94. The number of aliphatic hydroxyl groups is 1. The summed E-state index contributed by atoms with van der Waals surface area (Å²) < 4.78 is 0. The Morgan fingerprint density at radius 2 is 1.37 bits per heavy atom. The summed E-state index contributed by atoms with van der Waals surface area (Å²) in [6.07, 6.45) is -1.87. The van der Waals surface area contributed by atoms with Gasteiger partial charge in [-0.05, 0) is 40.3 Å². The van der Waals surface area contributed by atoms with E-state index in [1.807, 2.05) is 54.6 Å². The number of rotatable bonds is 6. The van der Waals surface area contributed by atoms with Gasteiger partial charge in [0.1, 0.15) is 18.0 Å². The molecule has 51 heavy (non-hydrogen) atoms. The maximum absolute atomic E-state index is 13.9. The third kappa shape index (κ3) is 6.70. The zero-order valence-corrected chi connectivity index (χ0v) is 27.7. The number of fused-ring (bicyclic) bond motifs is 2. The summed E-state index contributed by atoms with van der Waals surface area (Å²) in [4.78, 5) is 53.8. The number of phenolic OH excluding ortho intramolecular Hbond substituents is 1. The zero-order chi connectivity index (χ0) is 36.3. The van der Waals surface area contributed by atoms with Gasteiger partial charge in [-0.1, -0.05) is 109 Å². The Morgan fingerprint density at radius 1 is 0.804 bits per heavy atom. The number of nitrogens with zero attached hydrogens (tertiary/aromatic N) is 4. The first-order valence-corrected chi connectivity index (χ1v) is 16.3. The second-order valence-corrected chi connectivity index (χ2v) is 12.4. The Balaban J connectivity index is 0.000000221. The maximum atomic E-state index is 13.9. The third-order valence-corrected chi connectivity index (χ3v) is 9.21. The summed E-state index contributed by atoms with van der Waals surface area (Å²) in [6.45, 7) is -0.127. The van der Waals surface area contributed by atoms with E-state index in [9.17, 15) is 34.5 Å². The van der Waals surface area contributed by atoms with Crippen molar-refractivity contribution >= 4 is 40.3 Å². The number of amides is 4. The van der Waals surface area contributed by atoms with Crippen LogP contribution in [0.15, 0.2) is 127 Å². The number of hydrogen-bond acceptors (Lipinski definition) is 7. The molecule has 0 bridgehead atoms. The average molecular weight is 688 g/mol. The van der Waals surface area contributed by atoms with Crippen LogP contribution in [0, 0.1) is 0 Å². The Bertz CT molecular complexity index is 2010. The van der Waals surface area contributed by atoms with Gasteiger partial charge in [0.05, 0.1) is 18.8 Å². The van der Waals surface area contributed by atoms with E-state index in [0.29, 0.717) is 16.8 Å². The zero-order valence-electron chi connectivity index (χ0n) is 27.7. The summed E-state index contributed by atoms with van der Waals surface area (Å²) in [5.74, 6) is -1.26. The van der Waals surface area contributed by atoms with Crippen LogP contribution >= 0.6 is 0 Å². The van der Waals surface area contributed by atoms with Crippen LogP contribution in [0.25, 0.3) is 10.8 Å². The lowest BCUT2D eigenvalue weighted by Gasteiger charge is -2.53. The number of carbonyl (C=O) groups is 4. The number of benzene rings is 5. The summed E-state index contributed by atoms with van der Waals surface area (Å²) >= 11 is 0. The van der Waals surface area contributed by atoms with Crippen LogP contribution in [-0.4, -0.2) is 86.4 Å². The quantitative estimate of drug-likeness (QED) is 0.209. The number of hydrazine groups is 1. The second kappa shape index (κ2) is 14.3. The van der Waals surface area contributed by atoms with Crippen LogP contribution in [0.3, 0.4) is 0 Å². The van der Waals surface area contributed by atoms with Crippen molar-refractivity contribution in [1.29, 1.82) is 0 Å². The van der Waals surface area contributed by atoms with E-state index < -0.39 is 29.8 Å². The van der Waals surface area contributed by atoms with Crippen LogP contribution < -0.4 is 10.6 Å². The largest absolute Gasteiger partial charge is 0.508 e. The highest BCUT2D eigenvalue weighted by Crippen LogP contribution is 2.34. The van der Waals surface area contributed by atoms with E-state index in [1.165, 1.54) is 22.0 Å². The smallest absolute Gasteiger partial charge is 0.424 e. The molecule has 0 aromatic heterocycles. The fourth-order valence-corrected chi connectivity index (χ4v) is 6.75. The Labute approximate surface area is 294 Å². The van der Waals surface area contributed by atoms with Gasteiger partial charge in [0.15, 0.2) is 5.60 Å². The maximum Gasteiger partial charge on any atom is 0.424 e. The molecule has 2 aliphatic rings. The molecule has 5 N–H and O–H groups in total. The van der Waals surface area contributed by atoms with Crippen molar-refractivity contribution in [3.05, 3.63) is 144 Å². The molecule has 0 radical (unpaired) electrons. The van der Waals surface area contributed by atoms with Gasteiger partial charge in [-0.2, -0.15) is 0 Å². The van der Waals surface area contributed by atoms with Crippen molar-refractivity contribution in [1.82, 2.24) is 14.9 Å². The molecular formula is C39H37N5O7. The van der Waals surface area contributed by atoms with E-state index in [2.05, 4.69) is 0 Å². The molecule has 7 rings (SSSR count). The highest BCUT2D eigenvalue weighted by atomic mass is 16.4. The number of nitrogens with two attached hydrogens (primary N) is 1. The minimum Gasteiger partial charge on any atom is -0.508 e. The minimum absolute atomic E-state index is 0.0152. The first kappa shape index (κ1) is 34.6. The molecule has 2 fully saturated rings. The molecule has 2 unspecified atom stereocenters. The average Bonchev–Trinajstić information content (AvgIpc) is 3.13. The number of likely N-dealkylation sites (N-methyl/N-ethyl adjacent to an activating group) is 1. The number of phenols is 1. The molecule has 2 aliphatic heterocycles. The molecule has 0 spiro atoms. The molecule has 5 aromatic carbocycles. The van der Waals surface area contributed by atoms with Crippen molar-refractivity contribution in [2.45, 2.75) is 24.2 Å². The van der Waals surface area contributed by atoms with Gasteiger partial charge in [0.25, 0.3) is 5.91 Å². The van der Waals surface area contributed by atoms with Crippen molar-refractivity contribution in [3.63, 3.8) is 0 Å². The fraction of sp³-hybridized carbons (Fsp3) is 0.179. The lowest BCUT2D eigenvalue weighted by molar-refractivity contribution is -0.177.